The first-order valence-corrected chi connectivity index (χ1v) is 11.3. The van der Waals surface area contributed by atoms with Crippen molar-refractivity contribution in [3.05, 3.63) is 48.2 Å². The highest BCUT2D eigenvalue weighted by Gasteiger charge is 2.44. The third-order valence-electron chi connectivity index (χ3n) is 6.12. The summed E-state index contributed by atoms with van der Waals surface area (Å²) in [4.78, 5) is 38.3. The number of aromatic nitrogens is 7. The monoisotopic (exact) mass is 451 g/mol. The van der Waals surface area contributed by atoms with Gasteiger partial charge in [0.1, 0.15) is 24.0 Å². The first kappa shape index (κ1) is 21.4. The maximum atomic E-state index is 15.4. The van der Waals surface area contributed by atoms with Gasteiger partial charge in [-0.3, -0.25) is 4.79 Å². The lowest BCUT2D eigenvalue weighted by Gasteiger charge is -2.40. The first-order chi connectivity index (χ1) is 16.0. The van der Waals surface area contributed by atoms with Crippen molar-refractivity contribution in [2.24, 2.45) is 0 Å². The Morgan fingerprint density at radius 1 is 1.09 bits per heavy atom. The molecule has 3 aromatic rings. The van der Waals surface area contributed by atoms with Crippen LogP contribution in [0.25, 0.3) is 5.82 Å². The standard InChI is InChI=1S/C22H26FN9O/c1-3-15-8-26-22(27-9-15)30-7-6-19(17(23)12-30)32(16-4-5-16)21(33)18-10-25-20(11-24-18)31-13-28-14(2)29-31/h8-11,13,16-17,19H,3-7,12H2,1-2H3/t17-,19+/m0/s1. The number of halogens is 1. The average Bonchev–Trinajstić information content (AvgIpc) is 3.59. The molecular weight excluding hydrogens is 425 g/mol. The zero-order valence-corrected chi connectivity index (χ0v) is 18.7. The Labute approximate surface area is 190 Å². The number of amides is 1. The molecule has 33 heavy (non-hydrogen) atoms. The molecule has 10 nitrogen and oxygen atoms in total. The quantitative estimate of drug-likeness (QED) is 0.560. The van der Waals surface area contributed by atoms with Gasteiger partial charge in [0.25, 0.3) is 5.91 Å². The van der Waals surface area contributed by atoms with Crippen molar-refractivity contribution >= 4 is 11.9 Å². The molecule has 172 valence electrons. The summed E-state index contributed by atoms with van der Waals surface area (Å²) in [6.45, 7) is 4.56. The van der Waals surface area contributed by atoms with E-state index in [0.29, 0.717) is 30.6 Å². The fourth-order valence-corrected chi connectivity index (χ4v) is 4.16. The van der Waals surface area contributed by atoms with Gasteiger partial charge in [-0.25, -0.2) is 34.0 Å². The van der Waals surface area contributed by atoms with Gasteiger partial charge in [0.2, 0.25) is 5.95 Å². The highest BCUT2D eigenvalue weighted by atomic mass is 19.1. The third kappa shape index (κ3) is 4.39. The largest absolute Gasteiger partial charge is 0.338 e. The van der Waals surface area contributed by atoms with Gasteiger partial charge in [-0.05, 0) is 38.2 Å². The summed E-state index contributed by atoms with van der Waals surface area (Å²) in [7, 11) is 0. The highest BCUT2D eigenvalue weighted by molar-refractivity contribution is 5.92. The molecule has 2 fully saturated rings. The van der Waals surface area contributed by atoms with Gasteiger partial charge in [-0.2, -0.15) is 5.10 Å². The van der Waals surface area contributed by atoms with Gasteiger partial charge >= 0.3 is 0 Å². The van der Waals surface area contributed by atoms with Crippen LogP contribution in [-0.4, -0.2) is 76.9 Å². The Morgan fingerprint density at radius 3 is 2.45 bits per heavy atom. The molecule has 3 aromatic heterocycles. The highest BCUT2D eigenvalue weighted by Crippen LogP contribution is 2.34. The van der Waals surface area contributed by atoms with Crippen LogP contribution in [0.1, 0.15) is 48.1 Å². The molecule has 0 spiro atoms. The van der Waals surface area contributed by atoms with Crippen molar-refractivity contribution in [1.29, 1.82) is 0 Å². The molecule has 0 radical (unpaired) electrons. The average molecular weight is 452 g/mol. The summed E-state index contributed by atoms with van der Waals surface area (Å²) < 4.78 is 16.9. The van der Waals surface area contributed by atoms with Crippen molar-refractivity contribution in [2.45, 2.75) is 57.8 Å². The van der Waals surface area contributed by atoms with E-state index in [-0.39, 0.29) is 24.2 Å². The van der Waals surface area contributed by atoms with E-state index >= 15 is 4.39 Å². The molecule has 1 aliphatic heterocycles. The van der Waals surface area contributed by atoms with Crippen LogP contribution in [0.4, 0.5) is 10.3 Å². The van der Waals surface area contributed by atoms with Crippen molar-refractivity contribution in [1.82, 2.24) is 39.6 Å². The number of nitrogens with zero attached hydrogens (tertiary/aromatic N) is 9. The van der Waals surface area contributed by atoms with Crippen LogP contribution in [0.15, 0.2) is 31.1 Å². The molecule has 11 heteroatoms. The van der Waals surface area contributed by atoms with E-state index in [0.717, 1.165) is 24.8 Å². The maximum Gasteiger partial charge on any atom is 0.274 e. The van der Waals surface area contributed by atoms with Crippen LogP contribution < -0.4 is 4.90 Å². The molecule has 2 atom stereocenters. The van der Waals surface area contributed by atoms with Crippen molar-refractivity contribution in [3.8, 4) is 5.82 Å². The molecule has 0 aromatic carbocycles. The lowest BCUT2D eigenvalue weighted by Crippen LogP contribution is -2.55. The zero-order valence-electron chi connectivity index (χ0n) is 18.7. The molecule has 1 amide bonds. The fourth-order valence-electron chi connectivity index (χ4n) is 4.16. The van der Waals surface area contributed by atoms with E-state index in [2.05, 4.69) is 30.0 Å². The predicted molar refractivity (Wildman–Crippen MR) is 118 cm³/mol. The number of hydrogen-bond acceptors (Lipinski definition) is 8. The molecule has 2 aliphatic rings. The number of alkyl halides is 1. The zero-order chi connectivity index (χ0) is 22.9. The Hall–Kier alpha value is -3.50. The lowest BCUT2D eigenvalue weighted by molar-refractivity contribution is 0.0480. The molecule has 1 saturated heterocycles. The van der Waals surface area contributed by atoms with Gasteiger partial charge < -0.3 is 9.80 Å². The van der Waals surface area contributed by atoms with E-state index in [1.54, 1.807) is 30.5 Å². The summed E-state index contributed by atoms with van der Waals surface area (Å²) in [6, 6.07) is -0.456. The SMILES string of the molecule is CCc1cnc(N2CC[C@@H](N(C(=O)c3cnc(-n4cnc(C)n4)cn3)C3CC3)[C@@H](F)C2)nc1. The second kappa shape index (κ2) is 8.80. The minimum atomic E-state index is -1.21. The second-order valence-corrected chi connectivity index (χ2v) is 8.50. The Kier molecular flexibility index (Phi) is 5.69. The van der Waals surface area contributed by atoms with E-state index in [4.69, 9.17) is 0 Å². The van der Waals surface area contributed by atoms with Crippen LogP contribution in [0.3, 0.4) is 0 Å². The maximum absolute atomic E-state index is 15.4. The Balaban J connectivity index is 1.30. The van der Waals surface area contributed by atoms with Crippen molar-refractivity contribution < 1.29 is 9.18 Å². The van der Waals surface area contributed by atoms with Crippen LogP contribution in [0.2, 0.25) is 0 Å². The minimum Gasteiger partial charge on any atom is -0.338 e. The smallest absolute Gasteiger partial charge is 0.274 e. The van der Waals surface area contributed by atoms with E-state index < -0.39 is 12.2 Å². The topological polar surface area (TPSA) is 106 Å². The Morgan fingerprint density at radius 2 is 1.88 bits per heavy atom. The molecule has 1 aliphatic carbocycles. The summed E-state index contributed by atoms with van der Waals surface area (Å²) in [6.07, 6.45) is 9.93. The molecule has 0 bridgehead atoms. The molecule has 0 unspecified atom stereocenters. The number of aryl methyl sites for hydroxylation is 2. The molecule has 0 N–H and O–H groups in total. The fraction of sp³-hybridized carbons (Fsp3) is 0.500. The molecular formula is C22H26FN9O. The first-order valence-electron chi connectivity index (χ1n) is 11.3. The van der Waals surface area contributed by atoms with Crippen LogP contribution in [0.5, 0.6) is 0 Å². The number of carbonyl (C=O) groups is 1. The summed E-state index contributed by atoms with van der Waals surface area (Å²) in [5, 5.41) is 4.20. The van der Waals surface area contributed by atoms with Crippen LogP contribution >= 0.6 is 0 Å². The number of piperidine rings is 1. The van der Waals surface area contributed by atoms with Gasteiger partial charge in [0, 0.05) is 25.0 Å². The van der Waals surface area contributed by atoms with Gasteiger partial charge in [-0.15, -0.1) is 0 Å². The number of rotatable bonds is 6. The number of hydrogen-bond donors (Lipinski definition) is 0. The molecule has 5 rings (SSSR count). The van der Waals surface area contributed by atoms with Crippen LogP contribution in [0, 0.1) is 6.92 Å². The minimum absolute atomic E-state index is 0.0480. The molecule has 4 heterocycles. The van der Waals surface area contributed by atoms with Gasteiger partial charge in [0.15, 0.2) is 5.82 Å². The summed E-state index contributed by atoms with van der Waals surface area (Å²) in [5.74, 6) is 1.33. The Bertz CT molecular complexity index is 1110. The molecule has 1 saturated carbocycles. The van der Waals surface area contributed by atoms with Gasteiger partial charge in [-0.1, -0.05) is 6.92 Å². The predicted octanol–water partition coefficient (Wildman–Crippen LogP) is 1.94. The van der Waals surface area contributed by atoms with E-state index in [1.165, 1.54) is 17.1 Å². The van der Waals surface area contributed by atoms with Crippen molar-refractivity contribution in [2.75, 3.05) is 18.0 Å². The van der Waals surface area contributed by atoms with Gasteiger partial charge in [0.05, 0.1) is 25.0 Å². The lowest BCUT2D eigenvalue weighted by atomic mass is 10.0. The number of carbonyl (C=O) groups excluding carboxylic acids is 1. The third-order valence-corrected chi connectivity index (χ3v) is 6.12. The second-order valence-electron chi connectivity index (χ2n) is 8.50. The number of anilines is 1. The van der Waals surface area contributed by atoms with E-state index in [9.17, 15) is 4.79 Å². The summed E-state index contributed by atoms with van der Waals surface area (Å²) >= 11 is 0. The normalized spacial score (nSPS) is 20.6. The van der Waals surface area contributed by atoms with Crippen LogP contribution in [-0.2, 0) is 6.42 Å². The van der Waals surface area contributed by atoms with Crippen molar-refractivity contribution in [3.63, 3.8) is 0 Å². The van der Waals surface area contributed by atoms with E-state index in [1.807, 2.05) is 11.8 Å². The summed E-state index contributed by atoms with van der Waals surface area (Å²) in [5.41, 5.74) is 1.25.